The zero-order valence-electron chi connectivity index (χ0n) is 16.8. The summed E-state index contributed by atoms with van der Waals surface area (Å²) in [6, 6.07) is 25.3. The average molecular weight is 421 g/mol. The zero-order chi connectivity index (χ0) is 20.8. The molecular weight excluding hydrogens is 396 g/mol. The first kappa shape index (κ1) is 20.2. The summed E-state index contributed by atoms with van der Waals surface area (Å²) in [6.07, 6.45) is 0. The van der Waals surface area contributed by atoms with Crippen molar-refractivity contribution >= 4 is 23.5 Å². The minimum absolute atomic E-state index is 0.0707. The molecule has 0 aromatic heterocycles. The van der Waals surface area contributed by atoms with Crippen molar-refractivity contribution in [3.05, 3.63) is 90.0 Å². The van der Waals surface area contributed by atoms with Gasteiger partial charge in [-0.2, -0.15) is 0 Å². The fourth-order valence-electron chi connectivity index (χ4n) is 3.37. The van der Waals surface area contributed by atoms with Crippen LogP contribution in [0.1, 0.15) is 16.5 Å². The third kappa shape index (κ3) is 4.71. The van der Waals surface area contributed by atoms with Gasteiger partial charge in [0.1, 0.15) is 12.0 Å². The Morgan fingerprint density at radius 2 is 1.77 bits per heavy atom. The van der Waals surface area contributed by atoms with Gasteiger partial charge < -0.3 is 19.7 Å². The summed E-state index contributed by atoms with van der Waals surface area (Å²) < 4.78 is 11.5. The van der Waals surface area contributed by atoms with Crippen molar-refractivity contribution in [3.63, 3.8) is 0 Å². The first-order valence-corrected chi connectivity index (χ1v) is 10.9. The second kappa shape index (κ2) is 9.59. The molecule has 154 valence electrons. The quantitative estimate of drug-likeness (QED) is 0.568. The summed E-state index contributed by atoms with van der Waals surface area (Å²) in [4.78, 5) is 14.7. The third-order valence-corrected chi connectivity index (χ3v) is 6.15. The molecule has 30 heavy (non-hydrogen) atoms. The number of nitrogens with one attached hydrogen (secondary N) is 1. The van der Waals surface area contributed by atoms with E-state index in [9.17, 15) is 4.79 Å². The SMILES string of the molecule is COc1ccc([C@@H]2SCCN2C(=O)Nc2ccccc2)cc1OCc1ccccc1. The van der Waals surface area contributed by atoms with Crippen LogP contribution in [0.5, 0.6) is 11.5 Å². The highest BCUT2D eigenvalue weighted by Gasteiger charge is 2.31. The fraction of sp³-hybridized carbons (Fsp3) is 0.208. The van der Waals surface area contributed by atoms with Gasteiger partial charge in [0.15, 0.2) is 11.5 Å². The zero-order valence-corrected chi connectivity index (χ0v) is 17.6. The van der Waals surface area contributed by atoms with Crippen molar-refractivity contribution in [2.24, 2.45) is 0 Å². The molecule has 1 aliphatic rings. The van der Waals surface area contributed by atoms with Crippen LogP contribution in [-0.4, -0.2) is 30.3 Å². The van der Waals surface area contributed by atoms with E-state index in [-0.39, 0.29) is 11.4 Å². The van der Waals surface area contributed by atoms with E-state index < -0.39 is 0 Å². The normalized spacial score (nSPS) is 15.6. The molecule has 0 aliphatic carbocycles. The van der Waals surface area contributed by atoms with Crippen LogP contribution in [0.3, 0.4) is 0 Å². The Balaban J connectivity index is 1.51. The van der Waals surface area contributed by atoms with Gasteiger partial charge in [-0.25, -0.2) is 4.79 Å². The van der Waals surface area contributed by atoms with Crippen molar-refractivity contribution in [1.82, 2.24) is 4.90 Å². The van der Waals surface area contributed by atoms with Crippen LogP contribution in [0, 0.1) is 0 Å². The number of nitrogens with zero attached hydrogens (tertiary/aromatic N) is 1. The van der Waals surface area contributed by atoms with Gasteiger partial charge >= 0.3 is 6.03 Å². The Kier molecular flexibility index (Phi) is 6.44. The van der Waals surface area contributed by atoms with Crippen LogP contribution in [0.15, 0.2) is 78.9 Å². The standard InChI is InChI=1S/C24H24N2O3S/c1-28-21-13-12-19(16-22(21)29-17-18-8-4-2-5-9-18)23-26(14-15-30-23)24(27)25-20-10-6-3-7-11-20/h2-13,16,23H,14-15,17H2,1H3,(H,25,27)/t23-/m0/s1. The number of hydrogen-bond acceptors (Lipinski definition) is 4. The minimum Gasteiger partial charge on any atom is -0.493 e. The molecule has 3 aromatic rings. The smallest absolute Gasteiger partial charge is 0.323 e. The molecule has 6 heteroatoms. The first-order valence-electron chi connectivity index (χ1n) is 9.83. The van der Waals surface area contributed by atoms with E-state index in [1.165, 1.54) is 0 Å². The van der Waals surface area contributed by atoms with Crippen LogP contribution in [0.4, 0.5) is 10.5 Å². The molecule has 3 aromatic carbocycles. The highest BCUT2D eigenvalue weighted by Crippen LogP contribution is 2.41. The van der Waals surface area contributed by atoms with E-state index in [4.69, 9.17) is 9.47 Å². The number of benzene rings is 3. The lowest BCUT2D eigenvalue weighted by Gasteiger charge is -2.25. The molecule has 2 amide bonds. The van der Waals surface area contributed by atoms with E-state index in [2.05, 4.69) is 5.32 Å². The molecule has 0 radical (unpaired) electrons. The number of para-hydroxylation sites is 1. The number of amides is 2. The van der Waals surface area contributed by atoms with E-state index in [0.717, 1.165) is 22.6 Å². The molecule has 0 unspecified atom stereocenters. The molecule has 1 aliphatic heterocycles. The molecule has 1 saturated heterocycles. The molecule has 1 heterocycles. The van der Waals surface area contributed by atoms with Crippen LogP contribution in [0.25, 0.3) is 0 Å². The van der Waals surface area contributed by atoms with Crippen molar-refractivity contribution in [2.45, 2.75) is 12.0 Å². The van der Waals surface area contributed by atoms with Gasteiger partial charge in [0, 0.05) is 18.0 Å². The van der Waals surface area contributed by atoms with Crippen molar-refractivity contribution in [1.29, 1.82) is 0 Å². The number of methoxy groups -OCH3 is 1. The lowest BCUT2D eigenvalue weighted by atomic mass is 10.1. The molecule has 0 bridgehead atoms. The second-order valence-electron chi connectivity index (χ2n) is 6.90. The number of hydrogen-bond donors (Lipinski definition) is 1. The third-order valence-electron chi connectivity index (χ3n) is 4.89. The van der Waals surface area contributed by atoms with Gasteiger partial charge in [0.25, 0.3) is 0 Å². The Labute approximate surface area is 181 Å². The number of carbonyl (C=O) groups is 1. The van der Waals surface area contributed by atoms with Gasteiger partial charge in [-0.05, 0) is 35.4 Å². The van der Waals surface area contributed by atoms with Crippen molar-refractivity contribution < 1.29 is 14.3 Å². The van der Waals surface area contributed by atoms with Crippen LogP contribution in [0.2, 0.25) is 0 Å². The number of anilines is 1. The number of rotatable bonds is 6. The molecule has 5 nitrogen and oxygen atoms in total. The molecule has 4 rings (SSSR count). The lowest BCUT2D eigenvalue weighted by molar-refractivity contribution is 0.214. The fourth-order valence-corrected chi connectivity index (χ4v) is 4.61. The van der Waals surface area contributed by atoms with Crippen molar-refractivity contribution in [2.75, 3.05) is 24.7 Å². The maximum atomic E-state index is 12.9. The van der Waals surface area contributed by atoms with E-state index in [0.29, 0.717) is 24.7 Å². The van der Waals surface area contributed by atoms with Gasteiger partial charge in [-0.15, -0.1) is 11.8 Å². The highest BCUT2D eigenvalue weighted by atomic mass is 32.2. The van der Waals surface area contributed by atoms with Gasteiger partial charge in [0.05, 0.1) is 7.11 Å². The minimum atomic E-state index is -0.0984. The maximum Gasteiger partial charge on any atom is 0.323 e. The molecule has 1 fully saturated rings. The highest BCUT2D eigenvalue weighted by molar-refractivity contribution is 7.99. The molecule has 1 atom stereocenters. The first-order chi connectivity index (χ1) is 14.7. The summed E-state index contributed by atoms with van der Waals surface area (Å²) in [5.74, 6) is 2.24. The second-order valence-corrected chi connectivity index (χ2v) is 8.09. The summed E-state index contributed by atoms with van der Waals surface area (Å²) in [5.41, 5.74) is 2.90. The lowest BCUT2D eigenvalue weighted by Crippen LogP contribution is -2.34. The monoisotopic (exact) mass is 420 g/mol. The van der Waals surface area contributed by atoms with E-state index in [1.54, 1.807) is 18.9 Å². The summed E-state index contributed by atoms with van der Waals surface area (Å²) in [5, 5.41) is 2.91. The Morgan fingerprint density at radius 1 is 1.03 bits per heavy atom. The van der Waals surface area contributed by atoms with Gasteiger partial charge in [-0.3, -0.25) is 0 Å². The molecular formula is C24H24N2O3S. The summed E-state index contributed by atoms with van der Waals surface area (Å²) in [6.45, 7) is 1.15. The summed E-state index contributed by atoms with van der Waals surface area (Å²) in [7, 11) is 1.63. The Morgan fingerprint density at radius 3 is 2.50 bits per heavy atom. The molecule has 0 spiro atoms. The van der Waals surface area contributed by atoms with Crippen LogP contribution < -0.4 is 14.8 Å². The van der Waals surface area contributed by atoms with E-state index >= 15 is 0 Å². The largest absolute Gasteiger partial charge is 0.493 e. The Hall–Kier alpha value is -3.12. The maximum absolute atomic E-state index is 12.9. The molecule has 1 N–H and O–H groups in total. The van der Waals surface area contributed by atoms with Gasteiger partial charge in [0.2, 0.25) is 0 Å². The number of carbonyl (C=O) groups excluding carboxylic acids is 1. The average Bonchev–Trinajstić information content (AvgIpc) is 3.29. The predicted molar refractivity (Wildman–Crippen MR) is 121 cm³/mol. The summed E-state index contributed by atoms with van der Waals surface area (Å²) >= 11 is 1.75. The predicted octanol–water partition coefficient (Wildman–Crippen LogP) is 5.55. The van der Waals surface area contributed by atoms with E-state index in [1.807, 2.05) is 83.8 Å². The van der Waals surface area contributed by atoms with Crippen LogP contribution in [-0.2, 0) is 6.61 Å². The number of urea groups is 1. The number of thioether (sulfide) groups is 1. The van der Waals surface area contributed by atoms with Crippen LogP contribution >= 0.6 is 11.8 Å². The topological polar surface area (TPSA) is 50.8 Å². The van der Waals surface area contributed by atoms with Gasteiger partial charge in [-0.1, -0.05) is 54.6 Å². The van der Waals surface area contributed by atoms with Crippen molar-refractivity contribution in [3.8, 4) is 11.5 Å². The number of ether oxygens (including phenoxy) is 2. The molecule has 0 saturated carbocycles. The Bertz CT molecular complexity index is 982.